The lowest BCUT2D eigenvalue weighted by atomic mass is 9.43. The van der Waals surface area contributed by atoms with Crippen LogP contribution in [0.25, 0.3) is 0 Å². The van der Waals surface area contributed by atoms with Gasteiger partial charge in [-0.05, 0) is 78.9 Å². The van der Waals surface area contributed by atoms with Crippen LogP contribution >= 0.6 is 0 Å². The number of carbonyl (C=O) groups is 2. The van der Waals surface area contributed by atoms with Crippen molar-refractivity contribution in [3.63, 3.8) is 0 Å². The minimum atomic E-state index is -0.418. The average Bonchev–Trinajstić information content (AvgIpc) is 3.01. The van der Waals surface area contributed by atoms with Crippen molar-refractivity contribution in [2.24, 2.45) is 52.3 Å². The highest BCUT2D eigenvalue weighted by molar-refractivity contribution is 5.85. The van der Waals surface area contributed by atoms with E-state index in [1.54, 1.807) is 0 Å². The molecule has 5 fully saturated rings. The predicted molar refractivity (Wildman–Crippen MR) is 121 cm³/mol. The molecule has 5 aliphatic rings. The summed E-state index contributed by atoms with van der Waals surface area (Å²) in [5.41, 5.74) is -0.287. The fraction of sp³-hybridized carbons (Fsp3) is 0.926. The molecule has 2 N–H and O–H groups in total. The maximum atomic E-state index is 13.4. The third kappa shape index (κ3) is 3.13. The number of fused-ring (bicyclic) bond motifs is 7. The minimum Gasteiger partial charge on any atom is -0.393 e. The summed E-state index contributed by atoms with van der Waals surface area (Å²) < 4.78 is 6.50. The minimum absolute atomic E-state index is 0.0243. The number of Topliss-reactive ketones (excluding diaryl/α,β-unsaturated/α-hetero) is 2. The van der Waals surface area contributed by atoms with Gasteiger partial charge in [-0.1, -0.05) is 34.6 Å². The second kappa shape index (κ2) is 7.61. The highest BCUT2D eigenvalue weighted by Gasteiger charge is 2.68. The molecule has 0 aromatic rings. The second-order valence-electron chi connectivity index (χ2n) is 12.9. The Kier molecular flexibility index (Phi) is 5.47. The molecule has 0 spiro atoms. The van der Waals surface area contributed by atoms with E-state index in [9.17, 15) is 19.8 Å². The van der Waals surface area contributed by atoms with Crippen molar-refractivity contribution < 1.29 is 24.5 Å². The summed E-state index contributed by atoms with van der Waals surface area (Å²) in [4.78, 5) is 26.1. The molecule has 4 aliphatic carbocycles. The molecule has 1 heterocycles. The van der Waals surface area contributed by atoms with E-state index in [-0.39, 0.29) is 52.5 Å². The monoisotopic (exact) mass is 446 g/mol. The van der Waals surface area contributed by atoms with Gasteiger partial charge in [0.25, 0.3) is 0 Å². The summed E-state index contributed by atoms with van der Waals surface area (Å²) in [5, 5.41) is 21.8. The van der Waals surface area contributed by atoms with E-state index >= 15 is 0 Å². The van der Waals surface area contributed by atoms with Gasteiger partial charge in [0.2, 0.25) is 0 Å². The van der Waals surface area contributed by atoms with Gasteiger partial charge in [-0.3, -0.25) is 9.59 Å². The van der Waals surface area contributed by atoms with Crippen molar-refractivity contribution in [3.8, 4) is 0 Å². The number of rotatable bonds is 2. The lowest BCUT2D eigenvalue weighted by Crippen LogP contribution is -2.61. The number of ether oxygens (including phenoxy) is 1. The normalized spacial score (nSPS) is 55.1. The molecule has 1 aliphatic heterocycles. The third-order valence-corrected chi connectivity index (χ3v) is 10.9. The first-order valence-electron chi connectivity index (χ1n) is 13.1. The molecule has 0 bridgehead atoms. The maximum absolute atomic E-state index is 13.4. The van der Waals surface area contributed by atoms with Crippen LogP contribution in [0.2, 0.25) is 0 Å². The van der Waals surface area contributed by atoms with Crippen molar-refractivity contribution in [3.05, 3.63) is 0 Å². The second-order valence-corrected chi connectivity index (χ2v) is 12.9. The zero-order valence-electron chi connectivity index (χ0n) is 20.4. The van der Waals surface area contributed by atoms with Crippen LogP contribution in [0.3, 0.4) is 0 Å². The zero-order valence-corrected chi connectivity index (χ0v) is 20.4. The SMILES string of the molecule is CC(C)C(=O)[C@@H]1C[C@@H](C)[C@H]2[C@H](C[C@H]3[C@@H]4CC(=O)[C@H]5C[C@@H](O)CC[C@]5(C)[C@H]4[C@H](O)C[C@]23C)O1. The molecule has 0 radical (unpaired) electrons. The average molecular weight is 447 g/mol. The molecule has 180 valence electrons. The van der Waals surface area contributed by atoms with Gasteiger partial charge in [-0.15, -0.1) is 0 Å². The van der Waals surface area contributed by atoms with Gasteiger partial charge in [0.1, 0.15) is 11.9 Å². The van der Waals surface area contributed by atoms with Gasteiger partial charge in [0.05, 0.1) is 18.3 Å². The van der Waals surface area contributed by atoms with Crippen molar-refractivity contribution in [2.45, 2.75) is 104 Å². The summed E-state index contributed by atoms with van der Waals surface area (Å²) in [6.07, 6.45) is 3.96. The van der Waals surface area contributed by atoms with E-state index in [0.717, 1.165) is 32.1 Å². The van der Waals surface area contributed by atoms with Crippen molar-refractivity contribution >= 4 is 11.6 Å². The molecule has 5 heteroatoms. The Hall–Kier alpha value is -0.780. The molecule has 5 nitrogen and oxygen atoms in total. The molecule has 4 saturated carbocycles. The van der Waals surface area contributed by atoms with Crippen LogP contribution in [-0.2, 0) is 14.3 Å². The fourth-order valence-corrected chi connectivity index (χ4v) is 9.65. The highest BCUT2D eigenvalue weighted by atomic mass is 16.5. The molecule has 5 rings (SSSR count). The molecular weight excluding hydrogens is 404 g/mol. The lowest BCUT2D eigenvalue weighted by Gasteiger charge is -2.62. The van der Waals surface area contributed by atoms with E-state index in [0.29, 0.717) is 36.4 Å². The quantitative estimate of drug-likeness (QED) is 0.674. The van der Waals surface area contributed by atoms with Crippen molar-refractivity contribution in [1.29, 1.82) is 0 Å². The molecule has 0 aromatic carbocycles. The van der Waals surface area contributed by atoms with Crippen LogP contribution in [-0.4, -0.2) is 46.2 Å². The van der Waals surface area contributed by atoms with Crippen LogP contribution in [0, 0.1) is 52.3 Å². The molecule has 32 heavy (non-hydrogen) atoms. The van der Waals surface area contributed by atoms with Crippen LogP contribution in [0.1, 0.15) is 79.6 Å². The first-order valence-corrected chi connectivity index (χ1v) is 13.1. The Morgan fingerprint density at radius 1 is 1.09 bits per heavy atom. The van der Waals surface area contributed by atoms with Crippen molar-refractivity contribution in [2.75, 3.05) is 0 Å². The van der Waals surface area contributed by atoms with Crippen LogP contribution < -0.4 is 0 Å². The Morgan fingerprint density at radius 2 is 1.81 bits per heavy atom. The Morgan fingerprint density at radius 3 is 2.50 bits per heavy atom. The van der Waals surface area contributed by atoms with E-state index in [1.165, 1.54) is 0 Å². The number of aliphatic hydroxyl groups is 2. The highest BCUT2D eigenvalue weighted by Crippen LogP contribution is 2.68. The van der Waals surface area contributed by atoms with Crippen LogP contribution in [0.4, 0.5) is 0 Å². The summed E-state index contributed by atoms with van der Waals surface area (Å²) >= 11 is 0. The maximum Gasteiger partial charge on any atom is 0.164 e. The number of aliphatic hydroxyl groups excluding tert-OH is 2. The van der Waals surface area contributed by atoms with Gasteiger partial charge in [0.15, 0.2) is 5.78 Å². The molecule has 12 atom stereocenters. The van der Waals surface area contributed by atoms with Gasteiger partial charge in [-0.2, -0.15) is 0 Å². The Balaban J connectivity index is 1.47. The Bertz CT molecular complexity index is 793. The van der Waals surface area contributed by atoms with E-state index < -0.39 is 12.2 Å². The van der Waals surface area contributed by atoms with Crippen LogP contribution in [0.15, 0.2) is 0 Å². The third-order valence-electron chi connectivity index (χ3n) is 10.9. The topological polar surface area (TPSA) is 83.8 Å². The molecule has 0 aromatic heterocycles. The molecule has 0 unspecified atom stereocenters. The zero-order chi connectivity index (χ0) is 23.2. The number of hydrogen-bond acceptors (Lipinski definition) is 5. The van der Waals surface area contributed by atoms with Gasteiger partial charge in [-0.25, -0.2) is 0 Å². The molecule has 1 saturated heterocycles. The van der Waals surface area contributed by atoms with Gasteiger partial charge in [0, 0.05) is 18.3 Å². The largest absolute Gasteiger partial charge is 0.393 e. The number of ketones is 2. The summed E-state index contributed by atoms with van der Waals surface area (Å²) in [6.45, 7) is 10.7. The van der Waals surface area contributed by atoms with E-state index in [2.05, 4.69) is 20.8 Å². The predicted octanol–water partition coefficient (Wildman–Crippen LogP) is 3.78. The van der Waals surface area contributed by atoms with Crippen molar-refractivity contribution in [1.82, 2.24) is 0 Å². The lowest BCUT2D eigenvalue weighted by molar-refractivity contribution is -0.188. The molecular formula is C27H42O5. The van der Waals surface area contributed by atoms with Gasteiger partial charge >= 0.3 is 0 Å². The standard InChI is InChI=1S/C27H42O5/c1-13(2)25(31)22-8-14(3)23-21(32-22)11-17-16-10-19(29)18-9-15(28)6-7-26(18,4)24(16)20(30)12-27(17,23)5/h13-18,20-24,28,30H,6-12H2,1-5H3/t14-,15+,16+,17+,18-,20-,21+,22+,23+,24-,26+,27+/m1/s1. The summed E-state index contributed by atoms with van der Waals surface area (Å²) in [5.74, 6) is 1.67. The molecule has 0 amide bonds. The van der Waals surface area contributed by atoms with Gasteiger partial charge < -0.3 is 14.9 Å². The summed E-state index contributed by atoms with van der Waals surface area (Å²) in [7, 11) is 0. The number of carbonyl (C=O) groups excluding carboxylic acids is 2. The number of hydrogen-bond donors (Lipinski definition) is 2. The first-order chi connectivity index (χ1) is 15.0. The summed E-state index contributed by atoms with van der Waals surface area (Å²) in [6, 6.07) is 0. The van der Waals surface area contributed by atoms with Crippen LogP contribution in [0.5, 0.6) is 0 Å². The first kappa shape index (κ1) is 23.0. The van der Waals surface area contributed by atoms with E-state index in [4.69, 9.17) is 4.74 Å². The Labute approximate surface area is 192 Å². The smallest absolute Gasteiger partial charge is 0.164 e. The van der Waals surface area contributed by atoms with E-state index in [1.807, 2.05) is 13.8 Å². The fourth-order valence-electron chi connectivity index (χ4n) is 9.65.